The van der Waals surface area contributed by atoms with Gasteiger partial charge in [0, 0.05) is 31.5 Å². The van der Waals surface area contributed by atoms with Crippen LogP contribution in [-0.4, -0.2) is 52.9 Å². The molecule has 1 saturated carbocycles. The molecule has 0 atom stereocenters. The number of piperidine rings is 1. The largest absolute Gasteiger partial charge is 0.335 e. The highest BCUT2D eigenvalue weighted by Crippen LogP contribution is 2.28. The highest BCUT2D eigenvalue weighted by Gasteiger charge is 2.30. The van der Waals surface area contributed by atoms with Gasteiger partial charge in [0.25, 0.3) is 5.91 Å². The van der Waals surface area contributed by atoms with Crippen LogP contribution >= 0.6 is 0 Å². The molecule has 30 heavy (non-hydrogen) atoms. The first-order valence-electron chi connectivity index (χ1n) is 11.7. The van der Waals surface area contributed by atoms with Crippen molar-refractivity contribution in [3.63, 3.8) is 0 Å². The summed E-state index contributed by atoms with van der Waals surface area (Å²) in [7, 11) is 0. The van der Waals surface area contributed by atoms with Crippen LogP contribution in [-0.2, 0) is 6.42 Å². The molecule has 0 radical (unpaired) electrons. The van der Waals surface area contributed by atoms with E-state index >= 15 is 0 Å². The minimum Gasteiger partial charge on any atom is -0.335 e. The zero-order valence-electron chi connectivity index (χ0n) is 18.3. The number of aromatic nitrogens is 1. The molecule has 2 heterocycles. The molecular weight excluding hydrogens is 370 g/mol. The standard InChI is InChI=1S/C26H35N3O/c1-21-7-2-3-8-23(21)14-18-28-16-12-22(13-17-28)20-29(25-10-4-5-11-25)26(30)24-9-6-15-27-19-24/h2-3,6-9,15,19,22,25H,4-5,10-14,16-18,20H2,1H3. The van der Waals surface area contributed by atoms with E-state index in [2.05, 4.69) is 46.0 Å². The van der Waals surface area contributed by atoms with Gasteiger partial charge in [0.15, 0.2) is 0 Å². The highest BCUT2D eigenvalue weighted by molar-refractivity contribution is 5.94. The molecule has 2 aliphatic rings. The van der Waals surface area contributed by atoms with Crippen molar-refractivity contribution in [1.29, 1.82) is 0 Å². The molecule has 0 bridgehead atoms. The lowest BCUT2D eigenvalue weighted by Crippen LogP contribution is -2.45. The lowest BCUT2D eigenvalue weighted by molar-refractivity contribution is 0.0598. The number of carbonyl (C=O) groups excluding carboxylic acids is 1. The summed E-state index contributed by atoms with van der Waals surface area (Å²) in [5, 5.41) is 0. The Morgan fingerprint density at radius 2 is 1.83 bits per heavy atom. The second kappa shape index (κ2) is 10.2. The summed E-state index contributed by atoms with van der Waals surface area (Å²) in [6.07, 6.45) is 11.8. The van der Waals surface area contributed by atoms with E-state index in [0.29, 0.717) is 12.0 Å². The first-order chi connectivity index (χ1) is 14.7. The maximum atomic E-state index is 13.2. The Hall–Kier alpha value is -2.20. The van der Waals surface area contributed by atoms with E-state index in [4.69, 9.17) is 0 Å². The Morgan fingerprint density at radius 3 is 2.53 bits per heavy atom. The zero-order valence-corrected chi connectivity index (χ0v) is 18.3. The lowest BCUT2D eigenvalue weighted by atomic mass is 9.94. The molecular formula is C26H35N3O. The van der Waals surface area contributed by atoms with Gasteiger partial charge in [-0.2, -0.15) is 0 Å². The smallest absolute Gasteiger partial charge is 0.255 e. The maximum Gasteiger partial charge on any atom is 0.255 e. The van der Waals surface area contributed by atoms with Crippen LogP contribution in [0.15, 0.2) is 48.8 Å². The maximum absolute atomic E-state index is 13.2. The van der Waals surface area contributed by atoms with Crippen molar-refractivity contribution in [3.05, 3.63) is 65.5 Å². The van der Waals surface area contributed by atoms with Crippen LogP contribution in [0.1, 0.15) is 60.0 Å². The predicted molar refractivity (Wildman–Crippen MR) is 122 cm³/mol. The topological polar surface area (TPSA) is 36.4 Å². The van der Waals surface area contributed by atoms with Gasteiger partial charge in [0.05, 0.1) is 5.56 Å². The summed E-state index contributed by atoms with van der Waals surface area (Å²) in [6.45, 7) is 6.55. The molecule has 1 amide bonds. The van der Waals surface area contributed by atoms with Gasteiger partial charge in [-0.15, -0.1) is 0 Å². The fraction of sp³-hybridized carbons (Fsp3) is 0.538. The van der Waals surface area contributed by atoms with E-state index in [-0.39, 0.29) is 5.91 Å². The fourth-order valence-corrected chi connectivity index (χ4v) is 5.11. The van der Waals surface area contributed by atoms with E-state index in [1.165, 1.54) is 36.8 Å². The second-order valence-corrected chi connectivity index (χ2v) is 9.10. The van der Waals surface area contributed by atoms with Crippen LogP contribution in [0.3, 0.4) is 0 Å². The normalized spacial score (nSPS) is 18.6. The van der Waals surface area contributed by atoms with Crippen molar-refractivity contribution in [2.75, 3.05) is 26.2 Å². The van der Waals surface area contributed by atoms with Gasteiger partial charge in [0.2, 0.25) is 0 Å². The van der Waals surface area contributed by atoms with Crippen LogP contribution in [0.4, 0.5) is 0 Å². The third kappa shape index (κ3) is 5.28. The molecule has 0 unspecified atom stereocenters. The Morgan fingerprint density at radius 1 is 1.07 bits per heavy atom. The number of pyridine rings is 1. The average molecular weight is 406 g/mol. The number of likely N-dealkylation sites (tertiary alicyclic amines) is 1. The Bertz CT molecular complexity index is 808. The molecule has 4 heteroatoms. The van der Waals surface area contributed by atoms with E-state index in [9.17, 15) is 4.79 Å². The van der Waals surface area contributed by atoms with Crippen molar-refractivity contribution in [2.45, 2.75) is 57.9 Å². The predicted octanol–water partition coefficient (Wildman–Crippen LogP) is 4.73. The molecule has 4 nitrogen and oxygen atoms in total. The van der Waals surface area contributed by atoms with Gasteiger partial charge in [0.1, 0.15) is 0 Å². The third-order valence-electron chi connectivity index (χ3n) is 7.06. The minimum atomic E-state index is 0.178. The summed E-state index contributed by atoms with van der Waals surface area (Å²) in [4.78, 5) is 22.2. The summed E-state index contributed by atoms with van der Waals surface area (Å²) in [5.74, 6) is 0.790. The van der Waals surface area contributed by atoms with E-state index in [1.807, 2.05) is 12.1 Å². The molecule has 160 valence electrons. The van der Waals surface area contributed by atoms with E-state index in [0.717, 1.165) is 51.0 Å². The third-order valence-corrected chi connectivity index (χ3v) is 7.06. The molecule has 1 saturated heterocycles. The number of aryl methyl sites for hydroxylation is 1. The number of nitrogens with zero attached hydrogens (tertiary/aromatic N) is 3. The summed E-state index contributed by atoms with van der Waals surface area (Å²) >= 11 is 0. The van der Waals surface area contributed by atoms with Gasteiger partial charge < -0.3 is 9.80 Å². The molecule has 2 aromatic rings. The first kappa shape index (κ1) is 21.0. The molecule has 1 aliphatic heterocycles. The molecule has 4 rings (SSSR count). The van der Waals surface area contributed by atoms with Gasteiger partial charge in [-0.25, -0.2) is 0 Å². The Kier molecular flexibility index (Phi) is 7.16. The van der Waals surface area contributed by atoms with Crippen molar-refractivity contribution in [3.8, 4) is 0 Å². The summed E-state index contributed by atoms with van der Waals surface area (Å²) < 4.78 is 0. The number of hydrogen-bond acceptors (Lipinski definition) is 3. The second-order valence-electron chi connectivity index (χ2n) is 9.10. The van der Waals surface area contributed by atoms with Crippen LogP contribution in [0.2, 0.25) is 0 Å². The lowest BCUT2D eigenvalue weighted by Gasteiger charge is -2.37. The number of benzene rings is 1. The molecule has 1 aliphatic carbocycles. The van der Waals surface area contributed by atoms with Crippen molar-refractivity contribution < 1.29 is 4.79 Å². The molecule has 0 spiro atoms. The molecule has 0 N–H and O–H groups in total. The number of carbonyl (C=O) groups is 1. The zero-order chi connectivity index (χ0) is 20.8. The summed E-state index contributed by atoms with van der Waals surface area (Å²) in [5.41, 5.74) is 3.60. The number of rotatable bonds is 7. The van der Waals surface area contributed by atoms with Crippen molar-refractivity contribution in [2.24, 2.45) is 5.92 Å². The minimum absolute atomic E-state index is 0.178. The van der Waals surface area contributed by atoms with Crippen molar-refractivity contribution >= 4 is 5.91 Å². The van der Waals surface area contributed by atoms with Gasteiger partial charge in [-0.05, 0) is 81.3 Å². The Balaban J connectivity index is 1.31. The Labute approximate surface area is 181 Å². The monoisotopic (exact) mass is 405 g/mol. The SMILES string of the molecule is Cc1ccccc1CCN1CCC(CN(C(=O)c2cccnc2)C2CCCC2)CC1. The van der Waals surface area contributed by atoms with Crippen LogP contribution in [0.25, 0.3) is 0 Å². The first-order valence-corrected chi connectivity index (χ1v) is 11.7. The quantitative estimate of drug-likeness (QED) is 0.668. The van der Waals surface area contributed by atoms with E-state index in [1.54, 1.807) is 12.4 Å². The van der Waals surface area contributed by atoms with Crippen LogP contribution < -0.4 is 0 Å². The fourth-order valence-electron chi connectivity index (χ4n) is 5.11. The van der Waals surface area contributed by atoms with Gasteiger partial charge >= 0.3 is 0 Å². The molecule has 1 aromatic carbocycles. The summed E-state index contributed by atoms with van der Waals surface area (Å²) in [6, 6.07) is 12.9. The van der Waals surface area contributed by atoms with Crippen LogP contribution in [0, 0.1) is 12.8 Å². The number of hydrogen-bond donors (Lipinski definition) is 0. The van der Waals surface area contributed by atoms with Gasteiger partial charge in [-0.1, -0.05) is 37.1 Å². The highest BCUT2D eigenvalue weighted by atomic mass is 16.2. The van der Waals surface area contributed by atoms with Gasteiger partial charge in [-0.3, -0.25) is 9.78 Å². The average Bonchev–Trinajstić information content (AvgIpc) is 3.32. The molecule has 1 aromatic heterocycles. The molecule has 2 fully saturated rings. The number of amides is 1. The van der Waals surface area contributed by atoms with E-state index < -0.39 is 0 Å². The van der Waals surface area contributed by atoms with Crippen molar-refractivity contribution in [1.82, 2.24) is 14.8 Å². The van der Waals surface area contributed by atoms with Crippen LogP contribution in [0.5, 0.6) is 0 Å².